The first-order chi connectivity index (χ1) is 14.1. The monoisotopic (exact) mass is 469 g/mol. The lowest BCUT2D eigenvalue weighted by molar-refractivity contribution is 0.355. The van der Waals surface area contributed by atoms with E-state index in [9.17, 15) is 4.79 Å². The van der Waals surface area contributed by atoms with E-state index in [1.54, 1.807) is 20.3 Å². The van der Waals surface area contributed by atoms with E-state index in [0.717, 1.165) is 15.6 Å². The van der Waals surface area contributed by atoms with Gasteiger partial charge in [0, 0.05) is 4.47 Å². The molecule has 0 bridgehead atoms. The molecule has 4 aromatic rings. The van der Waals surface area contributed by atoms with Crippen LogP contribution < -0.4 is 19.6 Å². The van der Waals surface area contributed by atoms with Gasteiger partial charge in [-0.1, -0.05) is 51.5 Å². The number of nitrogens with zero attached hydrogens (tertiary/aromatic N) is 3. The van der Waals surface area contributed by atoms with Crippen molar-refractivity contribution in [2.75, 3.05) is 14.2 Å². The lowest BCUT2D eigenvalue weighted by Crippen LogP contribution is -2.23. The van der Waals surface area contributed by atoms with Crippen LogP contribution in [0.5, 0.6) is 11.5 Å². The molecule has 0 aliphatic rings. The van der Waals surface area contributed by atoms with Crippen molar-refractivity contribution in [3.8, 4) is 11.5 Å². The van der Waals surface area contributed by atoms with Gasteiger partial charge in [-0.05, 0) is 47.5 Å². The molecule has 0 amide bonds. The van der Waals surface area contributed by atoms with Gasteiger partial charge in [-0.2, -0.15) is 9.50 Å². The average Bonchev–Trinajstić information content (AvgIpc) is 3.26. The normalized spacial score (nSPS) is 12.2. The van der Waals surface area contributed by atoms with Gasteiger partial charge in [0.25, 0.3) is 5.56 Å². The van der Waals surface area contributed by atoms with Crippen molar-refractivity contribution in [3.05, 3.63) is 78.8 Å². The molecule has 146 valence electrons. The molecular weight excluding hydrogens is 454 g/mol. The van der Waals surface area contributed by atoms with Gasteiger partial charge in [-0.15, -0.1) is 5.10 Å². The predicted octanol–water partition coefficient (Wildman–Crippen LogP) is 3.65. The van der Waals surface area contributed by atoms with Crippen molar-refractivity contribution in [1.82, 2.24) is 14.6 Å². The number of ether oxygens (including phenoxy) is 2. The maximum atomic E-state index is 12.6. The zero-order valence-corrected chi connectivity index (χ0v) is 18.0. The maximum Gasteiger partial charge on any atom is 0.291 e. The molecule has 0 radical (unpaired) electrons. The fraction of sp³-hybridized carbons (Fsp3) is 0.0952. The Bertz CT molecular complexity index is 1310. The van der Waals surface area contributed by atoms with Crippen LogP contribution in [0.2, 0.25) is 0 Å². The van der Waals surface area contributed by atoms with E-state index in [4.69, 9.17) is 9.47 Å². The number of aromatic nitrogens is 3. The maximum absolute atomic E-state index is 12.6. The first-order valence-corrected chi connectivity index (χ1v) is 10.3. The zero-order chi connectivity index (χ0) is 20.4. The highest BCUT2D eigenvalue weighted by Crippen LogP contribution is 2.28. The second kappa shape index (κ2) is 8.18. The van der Waals surface area contributed by atoms with Crippen LogP contribution in [-0.2, 0) is 0 Å². The van der Waals surface area contributed by atoms with Gasteiger partial charge in [-0.25, -0.2) is 0 Å². The Morgan fingerprint density at radius 1 is 1.00 bits per heavy atom. The summed E-state index contributed by atoms with van der Waals surface area (Å²) in [4.78, 5) is 17.6. The third-order valence-electron chi connectivity index (χ3n) is 4.20. The standard InChI is InChI=1S/C21H16BrN3O3S/c1-27-16-9-5-13(11-17(16)28-2)6-10-19-23-21-25(24-19)20(26)18(29-21)12-14-3-7-15(22)8-4-14/h3-12H,1-2H3/b10-6+,18-12-. The molecule has 2 aromatic heterocycles. The minimum Gasteiger partial charge on any atom is -0.493 e. The van der Waals surface area contributed by atoms with Crippen LogP contribution in [0.15, 0.2) is 51.7 Å². The van der Waals surface area contributed by atoms with Crippen LogP contribution in [0.4, 0.5) is 0 Å². The van der Waals surface area contributed by atoms with E-state index < -0.39 is 0 Å². The summed E-state index contributed by atoms with van der Waals surface area (Å²) >= 11 is 4.72. The molecular formula is C21H16BrN3O3S. The molecule has 0 saturated heterocycles. The molecule has 0 aliphatic carbocycles. The summed E-state index contributed by atoms with van der Waals surface area (Å²) in [5.74, 6) is 1.78. The third-order valence-corrected chi connectivity index (χ3v) is 5.69. The number of methoxy groups -OCH3 is 2. The lowest BCUT2D eigenvalue weighted by Gasteiger charge is -2.07. The van der Waals surface area contributed by atoms with Crippen LogP contribution in [0, 0.1) is 0 Å². The van der Waals surface area contributed by atoms with Crippen LogP contribution in [0.3, 0.4) is 0 Å². The molecule has 29 heavy (non-hydrogen) atoms. The largest absolute Gasteiger partial charge is 0.493 e. The number of benzene rings is 2. The minimum absolute atomic E-state index is 0.175. The summed E-state index contributed by atoms with van der Waals surface area (Å²) in [6.45, 7) is 0. The van der Waals surface area contributed by atoms with Gasteiger partial charge in [0.15, 0.2) is 17.3 Å². The molecule has 0 atom stereocenters. The Morgan fingerprint density at radius 3 is 2.41 bits per heavy atom. The number of fused-ring (bicyclic) bond motifs is 1. The summed E-state index contributed by atoms with van der Waals surface area (Å²) in [5, 5.41) is 4.31. The molecule has 0 saturated carbocycles. The third kappa shape index (κ3) is 4.08. The van der Waals surface area contributed by atoms with Crippen molar-refractivity contribution >= 4 is 50.5 Å². The van der Waals surface area contributed by atoms with E-state index in [2.05, 4.69) is 26.0 Å². The minimum atomic E-state index is -0.175. The van der Waals surface area contributed by atoms with Gasteiger partial charge < -0.3 is 9.47 Å². The Balaban J connectivity index is 1.63. The second-order valence-corrected chi connectivity index (χ2v) is 8.00. The quantitative estimate of drug-likeness (QED) is 0.446. The van der Waals surface area contributed by atoms with Crippen LogP contribution in [0.1, 0.15) is 17.0 Å². The number of hydrogen-bond donors (Lipinski definition) is 0. The van der Waals surface area contributed by atoms with Crippen molar-refractivity contribution in [1.29, 1.82) is 0 Å². The number of halogens is 1. The fourth-order valence-corrected chi connectivity index (χ4v) is 3.94. The molecule has 4 rings (SSSR count). The molecule has 0 aliphatic heterocycles. The zero-order valence-electron chi connectivity index (χ0n) is 15.6. The topological polar surface area (TPSA) is 65.7 Å². The number of rotatable bonds is 5. The fourth-order valence-electron chi connectivity index (χ4n) is 2.76. The van der Waals surface area contributed by atoms with Crippen LogP contribution >= 0.6 is 27.3 Å². The Morgan fingerprint density at radius 2 is 1.72 bits per heavy atom. The van der Waals surface area contributed by atoms with Crippen molar-refractivity contribution in [2.45, 2.75) is 0 Å². The summed E-state index contributed by atoms with van der Waals surface area (Å²) < 4.78 is 13.5. The smallest absolute Gasteiger partial charge is 0.291 e. The summed E-state index contributed by atoms with van der Waals surface area (Å²) in [7, 11) is 3.19. The molecule has 0 unspecified atom stereocenters. The van der Waals surface area contributed by atoms with Crippen molar-refractivity contribution < 1.29 is 9.47 Å². The highest BCUT2D eigenvalue weighted by Gasteiger charge is 2.09. The van der Waals surface area contributed by atoms with Gasteiger partial charge in [0.2, 0.25) is 4.96 Å². The molecule has 0 N–H and O–H groups in total. The molecule has 2 heterocycles. The summed E-state index contributed by atoms with van der Waals surface area (Å²) in [5.41, 5.74) is 1.68. The first kappa shape index (κ1) is 19.4. The van der Waals surface area contributed by atoms with E-state index >= 15 is 0 Å². The summed E-state index contributed by atoms with van der Waals surface area (Å²) in [6.07, 6.45) is 5.47. The first-order valence-electron chi connectivity index (χ1n) is 8.64. The predicted molar refractivity (Wildman–Crippen MR) is 119 cm³/mol. The van der Waals surface area contributed by atoms with E-state index in [0.29, 0.717) is 26.8 Å². The van der Waals surface area contributed by atoms with Crippen LogP contribution in [-0.4, -0.2) is 28.8 Å². The Labute approximate surface area is 178 Å². The molecule has 2 aromatic carbocycles. The highest BCUT2D eigenvalue weighted by atomic mass is 79.9. The van der Waals surface area contributed by atoms with E-state index in [1.165, 1.54) is 15.9 Å². The lowest BCUT2D eigenvalue weighted by atomic mass is 10.2. The van der Waals surface area contributed by atoms with Crippen molar-refractivity contribution in [2.24, 2.45) is 0 Å². The second-order valence-electron chi connectivity index (χ2n) is 6.08. The van der Waals surface area contributed by atoms with Gasteiger partial charge in [0.05, 0.1) is 18.8 Å². The molecule has 0 fully saturated rings. The van der Waals surface area contributed by atoms with Crippen molar-refractivity contribution in [3.63, 3.8) is 0 Å². The molecule has 8 heteroatoms. The van der Waals surface area contributed by atoms with Gasteiger partial charge in [0.1, 0.15) is 0 Å². The summed E-state index contributed by atoms with van der Waals surface area (Å²) in [6, 6.07) is 13.3. The average molecular weight is 470 g/mol. The van der Waals surface area contributed by atoms with E-state index in [-0.39, 0.29) is 5.56 Å². The van der Waals surface area contributed by atoms with Crippen LogP contribution in [0.25, 0.3) is 23.2 Å². The Kier molecular flexibility index (Phi) is 5.46. The Hall–Kier alpha value is -2.97. The van der Waals surface area contributed by atoms with E-state index in [1.807, 2.05) is 54.6 Å². The van der Waals surface area contributed by atoms with Gasteiger partial charge >= 0.3 is 0 Å². The number of thiazole rings is 1. The molecule has 0 spiro atoms. The molecule has 6 nitrogen and oxygen atoms in total. The highest BCUT2D eigenvalue weighted by molar-refractivity contribution is 9.10. The number of hydrogen-bond acceptors (Lipinski definition) is 6. The SMILES string of the molecule is COc1ccc(/C=C/c2nc3s/c(=C\c4ccc(Br)cc4)c(=O)n3n2)cc1OC. The van der Waals surface area contributed by atoms with Gasteiger partial charge in [-0.3, -0.25) is 4.79 Å².